The molecule has 1 aliphatic rings. The minimum Gasteiger partial charge on any atom is -0.497 e. The largest absolute Gasteiger partial charge is 0.497 e. The van der Waals surface area contributed by atoms with E-state index in [0.29, 0.717) is 49.1 Å². The van der Waals surface area contributed by atoms with E-state index in [1.807, 2.05) is 24.3 Å². The summed E-state index contributed by atoms with van der Waals surface area (Å²) < 4.78 is 12.4. The summed E-state index contributed by atoms with van der Waals surface area (Å²) in [5.41, 5.74) is 2.69. The number of methoxy groups -OCH3 is 1. The molecule has 1 fully saturated rings. The third kappa shape index (κ3) is 4.45. The number of amides is 1. The number of carbonyl (C=O) groups is 1. The number of ether oxygens (including phenoxy) is 1. The van der Waals surface area contributed by atoms with Gasteiger partial charge in [-0.1, -0.05) is 0 Å². The van der Waals surface area contributed by atoms with Crippen molar-refractivity contribution in [3.63, 3.8) is 0 Å². The quantitative estimate of drug-likeness (QED) is 0.308. The molecule has 0 N–H and O–H groups in total. The lowest BCUT2D eigenvalue weighted by molar-refractivity contribution is -0.384. The van der Waals surface area contributed by atoms with E-state index in [-0.39, 0.29) is 11.6 Å². The lowest BCUT2D eigenvalue weighted by Gasteiger charge is -2.36. The fraction of sp³-hybridized carbons (Fsp3) is 0.200. The Labute approximate surface area is 201 Å². The number of piperazine rings is 1. The monoisotopic (exact) mass is 473 g/mol. The zero-order valence-corrected chi connectivity index (χ0v) is 19.0. The fourth-order valence-corrected chi connectivity index (χ4v) is 4.11. The molecular weight excluding hydrogens is 450 g/mol. The van der Waals surface area contributed by atoms with Gasteiger partial charge in [0.05, 0.1) is 24.0 Å². The van der Waals surface area contributed by atoms with Crippen molar-refractivity contribution < 1.29 is 18.9 Å². The van der Waals surface area contributed by atoms with E-state index in [4.69, 9.17) is 9.15 Å². The van der Waals surface area contributed by atoms with E-state index in [9.17, 15) is 14.9 Å². The fourth-order valence-electron chi connectivity index (χ4n) is 4.11. The smallest absolute Gasteiger partial charge is 0.272 e. The number of non-ortho nitro benzene ring substituents is 1. The molecule has 0 saturated carbocycles. The van der Waals surface area contributed by atoms with Crippen molar-refractivity contribution in [1.29, 1.82) is 0 Å². The van der Waals surface area contributed by atoms with Crippen LogP contribution in [0, 0.1) is 10.1 Å². The highest BCUT2D eigenvalue weighted by molar-refractivity contribution is 5.94. The summed E-state index contributed by atoms with van der Waals surface area (Å²) in [7, 11) is 1.60. The first kappa shape index (κ1) is 22.2. The highest BCUT2D eigenvalue weighted by Crippen LogP contribution is 2.26. The summed E-state index contributed by atoms with van der Waals surface area (Å²) >= 11 is 0. The molecule has 0 aliphatic carbocycles. The maximum Gasteiger partial charge on any atom is 0.272 e. The molecule has 1 amide bonds. The van der Waals surface area contributed by atoms with Gasteiger partial charge >= 0.3 is 0 Å². The summed E-state index contributed by atoms with van der Waals surface area (Å²) in [4.78, 5) is 28.0. The van der Waals surface area contributed by atoms with Gasteiger partial charge in [-0.2, -0.15) is 5.10 Å². The van der Waals surface area contributed by atoms with Gasteiger partial charge in [0.1, 0.15) is 17.1 Å². The van der Waals surface area contributed by atoms with Crippen LogP contribution in [0.15, 0.2) is 77.4 Å². The molecular formula is C25H23N5O5. The van der Waals surface area contributed by atoms with Crippen LogP contribution < -0.4 is 9.64 Å². The van der Waals surface area contributed by atoms with E-state index in [1.165, 1.54) is 12.1 Å². The molecule has 35 heavy (non-hydrogen) atoms. The normalized spacial score (nSPS) is 13.6. The molecule has 0 bridgehead atoms. The minimum atomic E-state index is -0.413. The summed E-state index contributed by atoms with van der Waals surface area (Å²) in [6.45, 7) is 2.26. The summed E-state index contributed by atoms with van der Waals surface area (Å²) in [6, 6.07) is 19.1. The van der Waals surface area contributed by atoms with Gasteiger partial charge in [0.25, 0.3) is 11.6 Å². The molecule has 0 radical (unpaired) electrons. The van der Waals surface area contributed by atoms with Crippen LogP contribution in [0.2, 0.25) is 0 Å². The maximum absolute atomic E-state index is 13.6. The van der Waals surface area contributed by atoms with Gasteiger partial charge < -0.3 is 19.0 Å². The standard InChI is InChI=1S/C25H23N5O5/c1-34-21-10-8-19(9-11-21)29-23(17-22(26-29)24-3-2-16-35-24)25(31)28-14-12-27(13-15-28)18-4-6-20(7-5-18)30(32)33/h2-11,16-17H,12-15H2,1H3. The van der Waals surface area contributed by atoms with Gasteiger partial charge in [-0.25, -0.2) is 4.68 Å². The van der Waals surface area contributed by atoms with Gasteiger partial charge in [0.2, 0.25) is 0 Å². The average Bonchev–Trinajstić information content (AvgIpc) is 3.59. The van der Waals surface area contributed by atoms with Gasteiger partial charge in [0, 0.05) is 50.1 Å². The third-order valence-electron chi connectivity index (χ3n) is 6.01. The molecule has 1 saturated heterocycles. The Morgan fingerprint density at radius 3 is 2.29 bits per heavy atom. The van der Waals surface area contributed by atoms with Crippen LogP contribution in [0.25, 0.3) is 17.1 Å². The second kappa shape index (κ2) is 9.34. The second-order valence-electron chi connectivity index (χ2n) is 8.05. The Balaban J connectivity index is 1.37. The molecule has 5 rings (SSSR count). The Hall–Kier alpha value is -4.60. The summed E-state index contributed by atoms with van der Waals surface area (Å²) in [5.74, 6) is 1.16. The number of hydrogen-bond acceptors (Lipinski definition) is 7. The first-order valence-electron chi connectivity index (χ1n) is 11.1. The van der Waals surface area contributed by atoms with E-state index in [0.717, 1.165) is 11.4 Å². The number of furan rings is 1. The maximum atomic E-state index is 13.6. The SMILES string of the molecule is COc1ccc(-n2nc(-c3ccco3)cc2C(=O)N2CCN(c3ccc([N+](=O)[O-])cc3)CC2)cc1. The topological polar surface area (TPSA) is 107 Å². The highest BCUT2D eigenvalue weighted by Gasteiger charge is 2.27. The van der Waals surface area contributed by atoms with Crippen molar-refractivity contribution in [2.24, 2.45) is 0 Å². The van der Waals surface area contributed by atoms with Crippen LogP contribution in [0.3, 0.4) is 0 Å². The molecule has 1 aliphatic heterocycles. The Kier molecular flexibility index (Phi) is 5.92. The van der Waals surface area contributed by atoms with Crippen molar-refractivity contribution in [2.75, 3.05) is 38.2 Å². The van der Waals surface area contributed by atoms with Crippen molar-refractivity contribution in [2.45, 2.75) is 0 Å². The first-order chi connectivity index (χ1) is 17.0. The van der Waals surface area contributed by atoms with Crippen molar-refractivity contribution in [3.05, 3.63) is 88.8 Å². The first-order valence-corrected chi connectivity index (χ1v) is 11.1. The lowest BCUT2D eigenvalue weighted by Crippen LogP contribution is -2.49. The molecule has 0 atom stereocenters. The van der Waals surface area contributed by atoms with Crippen LogP contribution in [0.4, 0.5) is 11.4 Å². The number of carbonyl (C=O) groups excluding carboxylic acids is 1. The number of hydrogen-bond donors (Lipinski definition) is 0. The molecule has 10 nitrogen and oxygen atoms in total. The molecule has 10 heteroatoms. The van der Waals surface area contributed by atoms with Gasteiger partial charge in [0.15, 0.2) is 5.76 Å². The Morgan fingerprint density at radius 1 is 1.00 bits per heavy atom. The van der Waals surface area contributed by atoms with E-state index in [2.05, 4.69) is 10.00 Å². The molecule has 3 heterocycles. The number of benzene rings is 2. The average molecular weight is 473 g/mol. The van der Waals surface area contributed by atoms with Crippen LogP contribution in [0.5, 0.6) is 5.75 Å². The van der Waals surface area contributed by atoms with Crippen LogP contribution >= 0.6 is 0 Å². The number of nitrogens with zero attached hydrogens (tertiary/aromatic N) is 5. The zero-order chi connectivity index (χ0) is 24.4. The molecule has 178 valence electrons. The number of nitro benzene ring substituents is 1. The van der Waals surface area contributed by atoms with Crippen molar-refractivity contribution >= 4 is 17.3 Å². The number of aromatic nitrogens is 2. The predicted molar refractivity (Wildman–Crippen MR) is 129 cm³/mol. The number of anilines is 1. The molecule has 0 spiro atoms. The van der Waals surface area contributed by atoms with Crippen molar-refractivity contribution in [3.8, 4) is 22.9 Å². The Bertz CT molecular complexity index is 1320. The summed E-state index contributed by atoms with van der Waals surface area (Å²) in [5, 5.41) is 15.6. The van der Waals surface area contributed by atoms with E-state index in [1.54, 1.807) is 53.3 Å². The van der Waals surface area contributed by atoms with Gasteiger partial charge in [-0.05, 0) is 48.5 Å². The minimum absolute atomic E-state index is 0.0571. The van der Waals surface area contributed by atoms with Gasteiger partial charge in [-0.3, -0.25) is 14.9 Å². The van der Waals surface area contributed by atoms with Crippen molar-refractivity contribution in [1.82, 2.24) is 14.7 Å². The number of nitro groups is 1. The van der Waals surface area contributed by atoms with Crippen LogP contribution in [-0.4, -0.2) is 58.8 Å². The lowest BCUT2D eigenvalue weighted by atomic mass is 10.2. The zero-order valence-electron chi connectivity index (χ0n) is 19.0. The third-order valence-corrected chi connectivity index (χ3v) is 6.01. The molecule has 2 aromatic carbocycles. The molecule has 0 unspecified atom stereocenters. The predicted octanol–water partition coefficient (Wildman–Crippen LogP) is 4.01. The van der Waals surface area contributed by atoms with E-state index >= 15 is 0 Å². The van der Waals surface area contributed by atoms with Crippen LogP contribution in [0.1, 0.15) is 10.5 Å². The van der Waals surface area contributed by atoms with Crippen LogP contribution in [-0.2, 0) is 0 Å². The second-order valence-corrected chi connectivity index (χ2v) is 8.05. The van der Waals surface area contributed by atoms with Gasteiger partial charge in [-0.15, -0.1) is 0 Å². The molecule has 2 aromatic heterocycles. The van der Waals surface area contributed by atoms with E-state index < -0.39 is 4.92 Å². The summed E-state index contributed by atoms with van der Waals surface area (Å²) in [6.07, 6.45) is 1.57. The number of rotatable bonds is 6. The Morgan fingerprint density at radius 2 is 1.69 bits per heavy atom. The molecule has 4 aromatic rings. The highest BCUT2D eigenvalue weighted by atomic mass is 16.6.